The van der Waals surface area contributed by atoms with E-state index in [0.29, 0.717) is 5.56 Å². The number of halogens is 4. The molecule has 1 unspecified atom stereocenters. The highest BCUT2D eigenvalue weighted by Gasteiger charge is 2.40. The molecule has 0 bridgehead atoms. The number of nitrogens with zero attached hydrogens (tertiary/aromatic N) is 1. The Balaban J connectivity index is 2.26. The van der Waals surface area contributed by atoms with Crippen LogP contribution in [0.4, 0.5) is 8.78 Å². The van der Waals surface area contributed by atoms with E-state index in [1.54, 1.807) is 30.3 Å². The van der Waals surface area contributed by atoms with Crippen molar-refractivity contribution >= 4 is 34.9 Å². The number of ether oxygens (including phenoxy) is 1. The summed E-state index contributed by atoms with van der Waals surface area (Å²) in [5.74, 6) is -3.64. The number of allylic oxidation sites excluding steroid dienone is 1. The van der Waals surface area contributed by atoms with Crippen LogP contribution in [0, 0.1) is 5.82 Å². The minimum atomic E-state index is -1.51. The van der Waals surface area contributed by atoms with Crippen molar-refractivity contribution < 1.29 is 23.4 Å². The molecular formula is C20H16Cl2F2N2O3. The first kappa shape index (κ1) is 21.0. The first-order chi connectivity index (χ1) is 13.8. The van der Waals surface area contributed by atoms with Gasteiger partial charge in [0.1, 0.15) is 0 Å². The lowest BCUT2D eigenvalue weighted by molar-refractivity contribution is -0.140. The number of nitrogens with two attached hydrogens (primary N) is 1. The van der Waals surface area contributed by atoms with Gasteiger partial charge in [-0.25, -0.2) is 13.6 Å². The van der Waals surface area contributed by atoms with Crippen molar-refractivity contribution in [3.05, 3.63) is 81.0 Å². The van der Waals surface area contributed by atoms with Crippen molar-refractivity contribution in [1.82, 2.24) is 4.90 Å². The summed E-state index contributed by atoms with van der Waals surface area (Å²) in [6, 6.07) is 9.77. The van der Waals surface area contributed by atoms with Crippen LogP contribution in [-0.4, -0.2) is 29.1 Å². The summed E-state index contributed by atoms with van der Waals surface area (Å²) in [7, 11) is 1.21. The Morgan fingerprint density at radius 2 is 1.86 bits per heavy atom. The predicted octanol–water partition coefficient (Wildman–Crippen LogP) is 4.50. The van der Waals surface area contributed by atoms with Gasteiger partial charge in [-0.2, -0.15) is 0 Å². The highest BCUT2D eigenvalue weighted by Crippen LogP contribution is 2.42. The SMILES string of the molecule is COc1c(Cl)ccc(C2=C(F)C(N)=C(Cl)C(C(=O)O)N2Cc2ccccc2)c1F. The van der Waals surface area contributed by atoms with Gasteiger partial charge in [-0.3, -0.25) is 0 Å². The Hall–Kier alpha value is -2.77. The second-order valence-electron chi connectivity index (χ2n) is 6.22. The molecular weight excluding hydrogens is 425 g/mol. The molecule has 3 rings (SSSR count). The maximum atomic E-state index is 15.2. The lowest BCUT2D eigenvalue weighted by Gasteiger charge is -2.37. The number of carbonyl (C=O) groups is 1. The normalized spacial score (nSPS) is 17.0. The molecule has 3 N–H and O–H groups in total. The summed E-state index contributed by atoms with van der Waals surface area (Å²) < 4.78 is 35.3. The van der Waals surface area contributed by atoms with E-state index in [0.717, 1.165) is 4.90 Å². The molecule has 29 heavy (non-hydrogen) atoms. The first-order valence-corrected chi connectivity index (χ1v) is 9.14. The molecule has 0 radical (unpaired) electrons. The number of hydrogen-bond donors (Lipinski definition) is 2. The molecule has 0 aliphatic carbocycles. The summed E-state index contributed by atoms with van der Waals surface area (Å²) in [6.07, 6.45) is 0. The van der Waals surface area contributed by atoms with Gasteiger partial charge in [-0.15, -0.1) is 0 Å². The van der Waals surface area contributed by atoms with E-state index in [9.17, 15) is 9.90 Å². The topological polar surface area (TPSA) is 75.8 Å². The first-order valence-electron chi connectivity index (χ1n) is 8.39. The number of carboxylic acid groups (broad SMARTS) is 1. The molecule has 0 saturated heterocycles. The summed E-state index contributed by atoms with van der Waals surface area (Å²) >= 11 is 12.0. The minimum absolute atomic E-state index is 0.0171. The smallest absolute Gasteiger partial charge is 0.332 e. The van der Waals surface area contributed by atoms with Crippen molar-refractivity contribution in [3.8, 4) is 5.75 Å². The van der Waals surface area contributed by atoms with E-state index in [4.69, 9.17) is 33.7 Å². The molecule has 1 aliphatic heterocycles. The van der Waals surface area contributed by atoms with Crippen molar-refractivity contribution in [2.45, 2.75) is 12.6 Å². The van der Waals surface area contributed by atoms with Gasteiger partial charge in [0.25, 0.3) is 0 Å². The summed E-state index contributed by atoms with van der Waals surface area (Å²) in [4.78, 5) is 13.1. The van der Waals surface area contributed by atoms with E-state index in [-0.39, 0.29) is 28.6 Å². The average Bonchev–Trinajstić information content (AvgIpc) is 2.69. The molecule has 1 aliphatic rings. The van der Waals surface area contributed by atoms with Crippen molar-refractivity contribution in [2.75, 3.05) is 7.11 Å². The number of methoxy groups -OCH3 is 1. The quantitative estimate of drug-likeness (QED) is 0.715. The zero-order valence-electron chi connectivity index (χ0n) is 15.1. The van der Waals surface area contributed by atoms with Gasteiger partial charge in [-0.1, -0.05) is 53.5 Å². The van der Waals surface area contributed by atoms with Gasteiger partial charge >= 0.3 is 5.97 Å². The number of benzene rings is 2. The van der Waals surface area contributed by atoms with Gasteiger partial charge in [-0.05, 0) is 17.7 Å². The van der Waals surface area contributed by atoms with Crippen LogP contribution < -0.4 is 10.5 Å². The fraction of sp³-hybridized carbons (Fsp3) is 0.150. The molecule has 5 nitrogen and oxygen atoms in total. The molecule has 0 spiro atoms. The molecule has 0 aromatic heterocycles. The maximum Gasteiger partial charge on any atom is 0.332 e. The van der Waals surface area contributed by atoms with Gasteiger partial charge in [0.2, 0.25) is 0 Å². The van der Waals surface area contributed by atoms with Gasteiger partial charge in [0.05, 0.1) is 28.6 Å². The third kappa shape index (κ3) is 3.75. The second-order valence-corrected chi connectivity index (χ2v) is 7.04. The van der Waals surface area contributed by atoms with Crippen LogP contribution in [0.15, 0.2) is 59.0 Å². The molecule has 1 atom stereocenters. The summed E-state index contributed by atoms with van der Waals surface area (Å²) in [5, 5.41) is 9.33. The molecule has 0 fully saturated rings. The number of hydrogen-bond acceptors (Lipinski definition) is 4. The Kier molecular flexibility index (Phi) is 6.00. The van der Waals surface area contributed by atoms with Crippen LogP contribution in [0.5, 0.6) is 5.75 Å². The lowest BCUT2D eigenvalue weighted by Crippen LogP contribution is -2.44. The Labute approximate surface area is 175 Å². The van der Waals surface area contributed by atoms with Gasteiger partial charge in [0.15, 0.2) is 23.4 Å². The monoisotopic (exact) mass is 440 g/mol. The molecule has 2 aromatic carbocycles. The Morgan fingerprint density at radius 3 is 2.45 bits per heavy atom. The van der Waals surface area contributed by atoms with Crippen LogP contribution in [0.3, 0.4) is 0 Å². The van der Waals surface area contributed by atoms with Crippen molar-refractivity contribution in [1.29, 1.82) is 0 Å². The van der Waals surface area contributed by atoms with Gasteiger partial charge < -0.3 is 20.5 Å². The standard InChI is InChI=1S/C20H16Cl2F2N2O3/c1-29-19-12(21)8-7-11(14(19)23)17-15(24)16(25)13(22)18(20(27)28)26(17)9-10-5-3-2-4-6-10/h2-8,18H,9,25H2,1H3,(H,27,28). The highest BCUT2D eigenvalue weighted by atomic mass is 35.5. The van der Waals surface area contributed by atoms with Crippen LogP contribution in [0.1, 0.15) is 11.1 Å². The third-order valence-corrected chi connectivity index (χ3v) is 5.19. The van der Waals surface area contributed by atoms with Gasteiger partial charge in [0, 0.05) is 12.1 Å². The molecule has 0 saturated carbocycles. The number of aliphatic carboxylic acids is 1. The second kappa shape index (κ2) is 8.31. The third-order valence-electron chi connectivity index (χ3n) is 4.48. The van der Waals surface area contributed by atoms with Crippen LogP contribution in [0.2, 0.25) is 5.02 Å². The summed E-state index contributed by atoms with van der Waals surface area (Å²) in [6.45, 7) is -0.0611. The minimum Gasteiger partial charge on any atom is -0.492 e. The van der Waals surface area contributed by atoms with E-state index in [1.807, 2.05) is 0 Å². The van der Waals surface area contributed by atoms with E-state index in [1.165, 1.54) is 19.2 Å². The van der Waals surface area contributed by atoms with Crippen LogP contribution in [-0.2, 0) is 11.3 Å². The maximum absolute atomic E-state index is 15.2. The summed E-state index contributed by atoms with van der Waals surface area (Å²) in [5.41, 5.74) is 5.22. The fourth-order valence-electron chi connectivity index (χ4n) is 3.14. The zero-order chi connectivity index (χ0) is 21.3. The molecule has 9 heteroatoms. The number of rotatable bonds is 5. The van der Waals surface area contributed by atoms with Crippen molar-refractivity contribution in [2.24, 2.45) is 5.73 Å². The largest absolute Gasteiger partial charge is 0.492 e. The van der Waals surface area contributed by atoms with Crippen molar-refractivity contribution in [3.63, 3.8) is 0 Å². The van der Waals surface area contributed by atoms with Crippen LogP contribution in [0.25, 0.3) is 5.70 Å². The van der Waals surface area contributed by atoms with E-state index >= 15 is 8.78 Å². The highest BCUT2D eigenvalue weighted by molar-refractivity contribution is 6.33. The van der Waals surface area contributed by atoms with Crippen LogP contribution >= 0.6 is 23.2 Å². The number of carboxylic acids is 1. The lowest BCUT2D eigenvalue weighted by atomic mass is 9.99. The Bertz CT molecular complexity index is 1030. The molecule has 152 valence electrons. The Morgan fingerprint density at radius 1 is 1.21 bits per heavy atom. The molecule has 2 aromatic rings. The zero-order valence-corrected chi connectivity index (χ0v) is 16.6. The molecule has 0 amide bonds. The average molecular weight is 441 g/mol. The molecule has 1 heterocycles. The fourth-order valence-corrected chi connectivity index (χ4v) is 3.66. The van der Waals surface area contributed by atoms with E-state index < -0.39 is 34.4 Å². The predicted molar refractivity (Wildman–Crippen MR) is 106 cm³/mol. The van der Waals surface area contributed by atoms with E-state index in [2.05, 4.69) is 0 Å².